The molecule has 0 spiro atoms. The van der Waals surface area contributed by atoms with Crippen LogP contribution in [0.15, 0.2) is 126 Å². The number of allylic oxidation sites excluding steroid dienone is 2. The molecule has 5 aromatic carbocycles. The van der Waals surface area contributed by atoms with Crippen molar-refractivity contribution < 1.29 is 20.4 Å². The van der Waals surface area contributed by atoms with Crippen LogP contribution in [0.1, 0.15) is 49.3 Å². The number of para-hydroxylation sites is 2. The Morgan fingerprint density at radius 2 is 1.21 bits per heavy atom. The molecule has 1 fully saturated rings. The van der Waals surface area contributed by atoms with Crippen molar-refractivity contribution in [1.29, 1.82) is 0 Å². The van der Waals surface area contributed by atoms with Crippen molar-refractivity contribution in [1.82, 2.24) is 4.57 Å². The van der Waals surface area contributed by atoms with Crippen molar-refractivity contribution in [2.45, 2.75) is 40.1 Å². The van der Waals surface area contributed by atoms with E-state index in [2.05, 4.69) is 152 Å². The van der Waals surface area contributed by atoms with Gasteiger partial charge in [0, 0.05) is 0 Å². The van der Waals surface area contributed by atoms with Crippen molar-refractivity contribution >= 4 is 64.2 Å². The smallest absolute Gasteiger partial charge is 0.147 e. The van der Waals surface area contributed by atoms with E-state index in [-0.39, 0.29) is 24.8 Å². The first-order chi connectivity index (χ1) is 22.1. The van der Waals surface area contributed by atoms with Crippen LogP contribution in [0.2, 0.25) is 13.1 Å². The van der Waals surface area contributed by atoms with E-state index in [9.17, 15) is 0 Å². The molecule has 5 heteroatoms. The standard InChI is InChI=1S/C24H18N.C16H13.C2H6Si.2ClH.Zr/c1-3-9-22-19(7-1)20-8-2-4-10-23(20)25(22)24-11-5-6-17-14-18(15-21(17)24)16-12-13-16;1-12-10-14-8-5-9-15(16(14)11-12)13-6-3-2-4-7-13;1-3-2;;;/h1-11,14-16H,12-13H2;2-11H,1H3;1-2H3;2*1H;. The van der Waals surface area contributed by atoms with Crippen molar-refractivity contribution in [3.05, 3.63) is 149 Å². The molecule has 234 valence electrons. The van der Waals surface area contributed by atoms with Gasteiger partial charge in [-0.3, -0.25) is 0 Å². The normalized spacial score (nSPS) is 17.8. The average molecular weight is 748 g/mol. The molecule has 0 amide bonds. The molecule has 2 unspecified atom stereocenters. The van der Waals surface area contributed by atoms with E-state index in [1.165, 1.54) is 62.6 Å². The number of fused-ring (bicyclic) bond motifs is 5. The summed E-state index contributed by atoms with van der Waals surface area (Å²) in [6, 6.07) is 43.4. The van der Waals surface area contributed by atoms with Gasteiger partial charge in [-0.05, 0) is 0 Å². The van der Waals surface area contributed by atoms with E-state index in [1.54, 1.807) is 22.3 Å². The van der Waals surface area contributed by atoms with Crippen LogP contribution >= 0.6 is 24.8 Å². The van der Waals surface area contributed by atoms with Crippen LogP contribution in [0.4, 0.5) is 0 Å². The van der Waals surface area contributed by atoms with E-state index in [4.69, 9.17) is 0 Å². The summed E-state index contributed by atoms with van der Waals surface area (Å²) in [5.41, 5.74) is 15.9. The monoisotopic (exact) mass is 745 g/mol. The number of halogens is 2. The fourth-order valence-electron chi connectivity index (χ4n) is 8.48. The van der Waals surface area contributed by atoms with Gasteiger partial charge in [-0.1, -0.05) is 0 Å². The molecule has 3 aliphatic rings. The summed E-state index contributed by atoms with van der Waals surface area (Å²) in [4.78, 5) is 0. The van der Waals surface area contributed by atoms with Crippen LogP contribution in [0, 0.1) is 5.92 Å². The predicted molar refractivity (Wildman–Crippen MR) is 204 cm³/mol. The Morgan fingerprint density at radius 3 is 1.85 bits per heavy atom. The summed E-state index contributed by atoms with van der Waals surface area (Å²) in [7, 11) is 0. The summed E-state index contributed by atoms with van der Waals surface area (Å²) >= 11 is -2.19. The van der Waals surface area contributed by atoms with Gasteiger partial charge in [0.1, 0.15) is 0 Å². The van der Waals surface area contributed by atoms with Gasteiger partial charge in [0.2, 0.25) is 0 Å². The van der Waals surface area contributed by atoms with Crippen LogP contribution in [-0.4, -0.2) is 10.0 Å². The Morgan fingerprint density at radius 1 is 0.617 bits per heavy atom. The van der Waals surface area contributed by atoms with E-state index in [1.807, 2.05) is 0 Å². The van der Waals surface area contributed by atoms with Crippen LogP contribution < -0.4 is 0 Å². The molecule has 47 heavy (non-hydrogen) atoms. The van der Waals surface area contributed by atoms with E-state index < -0.39 is 25.8 Å². The summed E-state index contributed by atoms with van der Waals surface area (Å²) in [5, 5.41) is 2.68. The molecule has 6 aromatic rings. The van der Waals surface area contributed by atoms with Crippen molar-refractivity contribution in [3.8, 4) is 16.8 Å². The number of nitrogens with zero attached hydrogens (tertiary/aromatic N) is 1. The minimum Gasteiger partial charge on any atom is -0.147 e. The Balaban J connectivity index is 0.00000176. The summed E-state index contributed by atoms with van der Waals surface area (Å²) in [6.07, 6.45) is 7.98. The molecule has 3 aliphatic carbocycles. The molecule has 1 nitrogen and oxygen atoms in total. The maximum atomic E-state index is 2.69. The fraction of sp³-hybridized carbons (Fsp3) is 0.190. The molecule has 0 radical (unpaired) electrons. The fourth-order valence-corrected chi connectivity index (χ4v) is 29.1. The Bertz CT molecular complexity index is 2220. The van der Waals surface area contributed by atoms with Crippen LogP contribution in [-0.2, 0) is 20.4 Å². The SMILES string of the molecule is CC1=Cc2c(-c3ccccc3)cccc2[CH]1[Zr]([CH]1C(C2CC2)=Cc2c1cccc2-n1c2ccccc2c2ccccc21)=[Si](C)C.Cl.Cl. The molecule has 0 aliphatic heterocycles. The van der Waals surface area contributed by atoms with Crippen molar-refractivity contribution in [2.75, 3.05) is 0 Å². The second-order valence-corrected chi connectivity index (χ2v) is 31.3. The quantitative estimate of drug-likeness (QED) is 0.155. The van der Waals surface area contributed by atoms with Gasteiger partial charge in [0.15, 0.2) is 0 Å². The zero-order chi connectivity index (χ0) is 30.2. The number of benzene rings is 5. The second-order valence-electron chi connectivity index (χ2n) is 13.5. The summed E-state index contributed by atoms with van der Waals surface area (Å²) < 4.78 is 3.86. The molecule has 1 saturated carbocycles. The topological polar surface area (TPSA) is 4.93 Å². The number of hydrogen-bond acceptors (Lipinski definition) is 0. The van der Waals surface area contributed by atoms with Gasteiger partial charge in [0.25, 0.3) is 0 Å². The van der Waals surface area contributed by atoms with Gasteiger partial charge < -0.3 is 0 Å². The van der Waals surface area contributed by atoms with Gasteiger partial charge in [-0.15, -0.1) is 24.8 Å². The molecule has 1 aromatic heterocycles. The third-order valence-corrected chi connectivity index (χ3v) is 30.1. The zero-order valence-corrected chi connectivity index (χ0v) is 32.1. The van der Waals surface area contributed by atoms with Crippen LogP contribution in [0.3, 0.4) is 0 Å². The largest absolute Gasteiger partial charge is 0.147 e. The van der Waals surface area contributed by atoms with Crippen LogP contribution in [0.25, 0.3) is 50.8 Å². The van der Waals surface area contributed by atoms with E-state index >= 15 is 0 Å². The minimum atomic E-state index is -2.19. The number of hydrogen-bond donors (Lipinski definition) is 0. The number of rotatable bonds is 5. The molecule has 1 heterocycles. The Kier molecular flexibility index (Phi) is 8.90. The first-order valence-electron chi connectivity index (χ1n) is 16.5. The van der Waals surface area contributed by atoms with Gasteiger partial charge in [0.05, 0.1) is 0 Å². The third kappa shape index (κ3) is 5.21. The molecule has 0 N–H and O–H groups in total. The molecule has 0 saturated heterocycles. The predicted octanol–water partition coefficient (Wildman–Crippen LogP) is 12.2. The first kappa shape index (κ1) is 32.6. The molecular weight excluding hydrogens is 709 g/mol. The second kappa shape index (κ2) is 12.8. The van der Waals surface area contributed by atoms with E-state index in [0.29, 0.717) is 7.25 Å². The number of aromatic nitrogens is 1. The Hall–Kier alpha value is -2.94. The third-order valence-electron chi connectivity index (χ3n) is 10.5. The maximum Gasteiger partial charge on any atom is -0.147 e. The van der Waals surface area contributed by atoms with Crippen molar-refractivity contribution in [3.63, 3.8) is 0 Å². The molecule has 2 atom stereocenters. The maximum absolute atomic E-state index is 2.69. The molecule has 0 bridgehead atoms. The summed E-state index contributed by atoms with van der Waals surface area (Å²) in [5.74, 6) is 0.770. The Labute approximate surface area is 298 Å². The van der Waals surface area contributed by atoms with Crippen molar-refractivity contribution in [2.24, 2.45) is 5.92 Å². The van der Waals surface area contributed by atoms with Gasteiger partial charge in [-0.25, -0.2) is 0 Å². The molecule has 9 rings (SSSR count). The molecular formula is C42H39Cl2NSiZr. The average Bonchev–Trinajstić information content (AvgIpc) is 3.66. The van der Waals surface area contributed by atoms with Gasteiger partial charge in [-0.2, -0.15) is 0 Å². The first-order valence-corrected chi connectivity index (χ1v) is 25.5. The van der Waals surface area contributed by atoms with Gasteiger partial charge >= 0.3 is 276 Å². The van der Waals surface area contributed by atoms with Crippen LogP contribution in [0.5, 0.6) is 0 Å². The summed E-state index contributed by atoms with van der Waals surface area (Å²) in [6.45, 7) is 7.77. The van der Waals surface area contributed by atoms with E-state index in [0.717, 1.165) is 5.92 Å². The minimum absolute atomic E-state index is 0. The zero-order valence-electron chi connectivity index (χ0n) is 27.0.